The topological polar surface area (TPSA) is 97.8 Å². The third-order valence-electron chi connectivity index (χ3n) is 6.43. The fourth-order valence-electron chi connectivity index (χ4n) is 4.65. The van der Waals surface area contributed by atoms with Crippen molar-refractivity contribution in [2.75, 3.05) is 32.8 Å². The number of fused-ring (bicyclic) bond motifs is 1. The van der Waals surface area contributed by atoms with Crippen LogP contribution in [0.4, 0.5) is 0 Å². The average Bonchev–Trinajstić information content (AvgIpc) is 3.42. The quantitative estimate of drug-likeness (QED) is 0.768. The molecule has 0 aliphatic carbocycles. The smallest absolute Gasteiger partial charge is 0.349 e. The summed E-state index contributed by atoms with van der Waals surface area (Å²) in [5.41, 5.74) is 1.05. The van der Waals surface area contributed by atoms with Crippen molar-refractivity contribution in [1.29, 1.82) is 0 Å². The van der Waals surface area contributed by atoms with E-state index in [9.17, 15) is 9.59 Å². The summed E-state index contributed by atoms with van der Waals surface area (Å²) in [5.74, 6) is 2.36. The number of amides is 1. The number of nitrogens with zero attached hydrogens (tertiary/aromatic N) is 2. The van der Waals surface area contributed by atoms with Crippen LogP contribution in [-0.4, -0.2) is 48.6 Å². The monoisotopic (exact) mass is 449 g/mol. The van der Waals surface area contributed by atoms with Gasteiger partial charge in [-0.15, -0.1) is 12.4 Å². The van der Waals surface area contributed by atoms with Crippen LogP contribution >= 0.6 is 12.4 Å². The molecule has 0 bridgehead atoms. The maximum atomic E-state index is 13.2. The van der Waals surface area contributed by atoms with Crippen LogP contribution in [0.2, 0.25) is 0 Å². The maximum Gasteiger partial charge on any atom is 0.349 e. The maximum absolute atomic E-state index is 13.2. The number of carbonyl (C=O) groups excluding carboxylic acids is 1. The first-order valence-electron chi connectivity index (χ1n) is 10.8. The van der Waals surface area contributed by atoms with Crippen molar-refractivity contribution in [2.24, 2.45) is 0 Å². The van der Waals surface area contributed by atoms with Gasteiger partial charge in [0.1, 0.15) is 22.8 Å². The van der Waals surface area contributed by atoms with Crippen molar-refractivity contribution in [3.63, 3.8) is 0 Å². The first-order valence-corrected chi connectivity index (χ1v) is 10.8. The molecule has 9 heteroatoms. The number of rotatable bonds is 3. The molecule has 1 amide bonds. The molecular formula is C22H28ClN3O5. The number of hydrogen-bond donors (Lipinski definition) is 1. The van der Waals surface area contributed by atoms with Gasteiger partial charge in [-0.2, -0.15) is 0 Å². The Morgan fingerprint density at radius 1 is 1.19 bits per heavy atom. The molecule has 8 nitrogen and oxygen atoms in total. The molecule has 3 aliphatic rings. The largest absolute Gasteiger partial charge is 0.445 e. The van der Waals surface area contributed by atoms with Gasteiger partial charge in [-0.25, -0.2) is 9.78 Å². The number of aryl methyl sites for hydroxylation is 1. The molecule has 3 aliphatic heterocycles. The minimum absolute atomic E-state index is 0. The van der Waals surface area contributed by atoms with Crippen molar-refractivity contribution in [3.8, 4) is 0 Å². The SMILES string of the molecule is Cc1cc(C2CCNCC2)oc(=O)c1C(=O)N1CCc2oc(C3CCOC3)nc2C1.Cl. The summed E-state index contributed by atoms with van der Waals surface area (Å²) in [6.07, 6.45) is 3.38. The number of carbonyl (C=O) groups is 1. The lowest BCUT2D eigenvalue weighted by Gasteiger charge is -2.26. The van der Waals surface area contributed by atoms with E-state index in [0.29, 0.717) is 43.3 Å². The normalized spacial score (nSPS) is 21.6. The Kier molecular flexibility index (Phi) is 6.50. The molecule has 0 radical (unpaired) electrons. The van der Waals surface area contributed by atoms with Gasteiger partial charge < -0.3 is 23.8 Å². The third-order valence-corrected chi connectivity index (χ3v) is 6.43. The molecule has 2 aromatic rings. The van der Waals surface area contributed by atoms with Crippen molar-refractivity contribution in [1.82, 2.24) is 15.2 Å². The summed E-state index contributed by atoms with van der Waals surface area (Å²) in [7, 11) is 0. The van der Waals surface area contributed by atoms with Crippen LogP contribution in [0.3, 0.4) is 0 Å². The molecule has 1 N–H and O–H groups in total. The van der Waals surface area contributed by atoms with E-state index in [-0.39, 0.29) is 35.7 Å². The van der Waals surface area contributed by atoms with E-state index in [1.54, 1.807) is 4.90 Å². The highest BCUT2D eigenvalue weighted by atomic mass is 35.5. The Hall–Kier alpha value is -2.16. The summed E-state index contributed by atoms with van der Waals surface area (Å²) < 4.78 is 17.0. The number of ether oxygens (including phenoxy) is 1. The van der Waals surface area contributed by atoms with Crippen LogP contribution in [-0.2, 0) is 17.7 Å². The average molecular weight is 450 g/mol. The molecular weight excluding hydrogens is 422 g/mol. The van der Waals surface area contributed by atoms with E-state index < -0.39 is 5.63 Å². The number of oxazole rings is 1. The Balaban J connectivity index is 0.00000231. The number of nitrogens with one attached hydrogen (secondary N) is 1. The second-order valence-corrected chi connectivity index (χ2v) is 8.48. The van der Waals surface area contributed by atoms with E-state index in [0.717, 1.165) is 50.4 Å². The van der Waals surface area contributed by atoms with Gasteiger partial charge in [-0.3, -0.25) is 4.79 Å². The van der Waals surface area contributed by atoms with Crippen LogP contribution in [0, 0.1) is 6.92 Å². The number of aromatic nitrogens is 1. The molecule has 31 heavy (non-hydrogen) atoms. The van der Waals surface area contributed by atoms with Gasteiger partial charge in [0.15, 0.2) is 5.89 Å². The van der Waals surface area contributed by atoms with Crippen molar-refractivity contribution in [3.05, 3.63) is 50.7 Å². The summed E-state index contributed by atoms with van der Waals surface area (Å²) in [6.45, 7) is 5.85. The van der Waals surface area contributed by atoms with Gasteiger partial charge in [-0.05, 0) is 50.9 Å². The Morgan fingerprint density at radius 3 is 2.71 bits per heavy atom. The van der Waals surface area contributed by atoms with Gasteiger partial charge in [0.2, 0.25) is 0 Å². The molecule has 0 spiro atoms. The van der Waals surface area contributed by atoms with Crippen molar-refractivity contribution >= 4 is 18.3 Å². The van der Waals surface area contributed by atoms with Gasteiger partial charge in [0, 0.05) is 25.5 Å². The van der Waals surface area contributed by atoms with Crippen molar-refractivity contribution < 1.29 is 18.4 Å². The predicted octanol–water partition coefficient (Wildman–Crippen LogP) is 2.53. The van der Waals surface area contributed by atoms with E-state index in [4.69, 9.17) is 13.6 Å². The van der Waals surface area contributed by atoms with Crippen LogP contribution in [0.5, 0.6) is 0 Å². The summed E-state index contributed by atoms with van der Waals surface area (Å²) in [5, 5.41) is 3.31. The van der Waals surface area contributed by atoms with Gasteiger partial charge >= 0.3 is 5.63 Å². The van der Waals surface area contributed by atoms with Crippen molar-refractivity contribution in [2.45, 2.75) is 51.0 Å². The highest BCUT2D eigenvalue weighted by Crippen LogP contribution is 2.30. The summed E-state index contributed by atoms with van der Waals surface area (Å²) in [6, 6.07) is 1.87. The lowest BCUT2D eigenvalue weighted by Crippen LogP contribution is -2.38. The molecule has 0 saturated carbocycles. The van der Waals surface area contributed by atoms with Gasteiger partial charge in [0.05, 0.1) is 19.1 Å². The molecule has 2 fully saturated rings. The standard InChI is InChI=1S/C22H27N3O5.ClH/c1-13-10-18(14-2-6-23-7-3-14)30-22(27)19(13)21(26)25-8-4-17-16(11-25)24-20(29-17)15-5-9-28-12-15;/h10,14-15,23H,2-9,11-12H2,1H3;1H. The van der Waals surface area contributed by atoms with E-state index in [1.165, 1.54) is 0 Å². The minimum atomic E-state index is -0.539. The zero-order valence-corrected chi connectivity index (χ0v) is 18.5. The first kappa shape index (κ1) is 22.0. The van der Waals surface area contributed by atoms with Crippen LogP contribution in [0.1, 0.15) is 70.1 Å². The Labute approximate surface area is 186 Å². The lowest BCUT2D eigenvalue weighted by molar-refractivity contribution is 0.0721. The third kappa shape index (κ3) is 4.29. The fourth-order valence-corrected chi connectivity index (χ4v) is 4.65. The van der Waals surface area contributed by atoms with Gasteiger partial charge in [0.25, 0.3) is 5.91 Å². The van der Waals surface area contributed by atoms with Crippen LogP contribution in [0.25, 0.3) is 0 Å². The molecule has 1 atom stereocenters. The highest BCUT2D eigenvalue weighted by Gasteiger charge is 2.32. The Bertz CT molecular complexity index is 1010. The molecule has 5 heterocycles. The van der Waals surface area contributed by atoms with E-state index in [1.807, 2.05) is 13.0 Å². The lowest BCUT2D eigenvalue weighted by atomic mass is 9.94. The van der Waals surface area contributed by atoms with E-state index >= 15 is 0 Å². The zero-order valence-electron chi connectivity index (χ0n) is 17.6. The first-order chi connectivity index (χ1) is 14.6. The molecule has 168 valence electrons. The molecule has 0 aromatic carbocycles. The fraction of sp³-hybridized carbons (Fsp3) is 0.591. The summed E-state index contributed by atoms with van der Waals surface area (Å²) >= 11 is 0. The molecule has 2 aromatic heterocycles. The highest BCUT2D eigenvalue weighted by molar-refractivity contribution is 5.95. The van der Waals surface area contributed by atoms with Crippen LogP contribution < -0.4 is 10.9 Å². The molecule has 2 saturated heterocycles. The number of hydrogen-bond acceptors (Lipinski definition) is 7. The predicted molar refractivity (Wildman–Crippen MR) is 115 cm³/mol. The Morgan fingerprint density at radius 2 is 2.00 bits per heavy atom. The van der Waals surface area contributed by atoms with E-state index in [2.05, 4.69) is 10.3 Å². The second kappa shape index (κ2) is 9.14. The molecule has 1 unspecified atom stereocenters. The summed E-state index contributed by atoms with van der Waals surface area (Å²) in [4.78, 5) is 32.2. The second-order valence-electron chi connectivity index (χ2n) is 8.48. The zero-order chi connectivity index (χ0) is 20.7. The molecule has 5 rings (SSSR count). The van der Waals surface area contributed by atoms with Crippen LogP contribution in [0.15, 0.2) is 19.7 Å². The number of piperidine rings is 1. The number of halogens is 1. The van der Waals surface area contributed by atoms with Gasteiger partial charge in [-0.1, -0.05) is 0 Å². The minimum Gasteiger partial charge on any atom is -0.445 e.